The van der Waals surface area contributed by atoms with E-state index in [1.165, 1.54) is 42.7 Å². The molecule has 0 radical (unpaired) electrons. The van der Waals surface area contributed by atoms with Crippen LogP contribution in [0.3, 0.4) is 0 Å². The number of hydrogen-bond donors (Lipinski definition) is 12. The van der Waals surface area contributed by atoms with Crippen molar-refractivity contribution in [1.29, 1.82) is 0 Å². The van der Waals surface area contributed by atoms with Gasteiger partial charge in [0, 0.05) is 75.7 Å². The third-order valence-electron chi connectivity index (χ3n) is 22.7. The highest BCUT2D eigenvalue weighted by atomic mass is 16.8. The van der Waals surface area contributed by atoms with E-state index in [1.807, 2.05) is 13.8 Å². The Bertz CT molecular complexity index is 2880. The van der Waals surface area contributed by atoms with Crippen molar-refractivity contribution in [3.05, 3.63) is 0 Å². The predicted molar refractivity (Wildman–Crippen MR) is 459 cm³/mol. The monoisotopic (exact) mass is 1990 g/mol. The van der Waals surface area contributed by atoms with Gasteiger partial charge in [0.05, 0.1) is 231 Å². The summed E-state index contributed by atoms with van der Waals surface area (Å²) in [6.45, 7) is 6.97. The molecule has 7 aliphatic heterocycles. The first-order valence-electron chi connectivity index (χ1n) is 46.9. The molecule has 0 amide bonds. The van der Waals surface area contributed by atoms with E-state index in [0.29, 0.717) is 26.4 Å². The summed E-state index contributed by atoms with van der Waals surface area (Å²) in [4.78, 5) is 0. The molecule has 0 spiro atoms. The van der Waals surface area contributed by atoms with E-state index in [1.54, 1.807) is 20.8 Å². The summed E-state index contributed by atoms with van der Waals surface area (Å²) in [6.07, 6.45) is -54.0. The highest BCUT2D eigenvalue weighted by molar-refractivity contribution is 5.03. The molecule has 14 unspecified atom stereocenters. The Morgan fingerprint density at radius 3 is 0.801 bits per heavy atom. The van der Waals surface area contributed by atoms with Crippen LogP contribution in [0.4, 0.5) is 0 Å². The van der Waals surface area contributed by atoms with Crippen LogP contribution in [0.2, 0.25) is 0 Å². The second-order valence-corrected chi connectivity index (χ2v) is 31.7. The molecular weight excluding hydrogens is 1830 g/mol. The van der Waals surface area contributed by atoms with E-state index in [-0.39, 0.29) is 205 Å². The minimum Gasteiger partial charge on any atom is -0.394 e. The van der Waals surface area contributed by atoms with Gasteiger partial charge in [-0.15, -0.1) is 0 Å². The van der Waals surface area contributed by atoms with Gasteiger partial charge in [0.15, 0.2) is 44.0 Å². The first kappa shape index (κ1) is 121. The largest absolute Gasteiger partial charge is 0.394 e. The molecule has 7 heterocycles. The van der Waals surface area contributed by atoms with Gasteiger partial charge < -0.3 is 241 Å². The molecule has 7 fully saturated rings. The molecule has 0 aromatic rings. The zero-order chi connectivity index (χ0) is 98.4. The topological polar surface area (TPSA) is 594 Å². The number of ether oxygens (including phenoxy) is 38. The van der Waals surface area contributed by atoms with Gasteiger partial charge in [0.25, 0.3) is 0 Å². The van der Waals surface area contributed by atoms with Crippen LogP contribution in [-0.2, 0) is 180 Å². The maximum absolute atomic E-state index is 13.2. The smallest absolute Gasteiger partial charge is 0.187 e. The van der Waals surface area contributed by atoms with Crippen molar-refractivity contribution in [3.8, 4) is 0 Å². The van der Waals surface area contributed by atoms with Crippen LogP contribution in [-0.4, -0.2) is 583 Å². The lowest BCUT2D eigenvalue weighted by molar-refractivity contribution is -0.404. The summed E-state index contributed by atoms with van der Waals surface area (Å²) >= 11 is 0. The molecule has 35 atom stereocenters. The fraction of sp³-hybridized carbons (Fsp3) is 1.00. The molecule has 7 aliphatic rings. The van der Waals surface area contributed by atoms with E-state index in [2.05, 4.69) is 0 Å². The fourth-order valence-corrected chi connectivity index (χ4v) is 16.0. The van der Waals surface area contributed by atoms with Crippen LogP contribution >= 0.6 is 0 Å². The normalized spacial score (nSPS) is 35.8. The summed E-state index contributed by atoms with van der Waals surface area (Å²) in [5.74, 6) is 0. The second-order valence-electron chi connectivity index (χ2n) is 31.7. The molecule has 0 aliphatic carbocycles. The van der Waals surface area contributed by atoms with Crippen molar-refractivity contribution in [2.45, 2.75) is 250 Å². The van der Waals surface area contributed by atoms with Gasteiger partial charge in [-0.05, 0) is 34.6 Å². The van der Waals surface area contributed by atoms with E-state index in [0.717, 1.165) is 0 Å². The summed E-state index contributed by atoms with van der Waals surface area (Å²) in [6, 6.07) is 0. The Morgan fingerprint density at radius 1 is 0.184 bits per heavy atom. The van der Waals surface area contributed by atoms with Crippen molar-refractivity contribution >= 4 is 0 Å². The zero-order valence-electron chi connectivity index (χ0n) is 80.4. The quantitative estimate of drug-likeness (QED) is 0.0252. The van der Waals surface area contributed by atoms with Gasteiger partial charge in [-0.2, -0.15) is 0 Å². The molecular formula is C86H160O50. The molecule has 50 nitrogen and oxygen atoms in total. The standard InChI is InChI=1S/C86H160O50/c1-12-105-27-29-114-40-44-123-77-64(97)69(131-80-60(93)59(92)67(52(45-90)124-80)132-83-75(121-42-38-108-15-4)61(94)66(101-8)54(127-83)48-116-34-30-110-20-17-87)57(50-118-36-32-112-25-23-99-6)129-85(77)136-72-58(51-115-33-28-106-13-2)130-86(79(78(72)103-10)119-22-19-89)135-70-55(47-109-16-5)128-84(76(65(70)98)122-43-39-113-26-24-100-7)133-68-53(46-91)125-82(73(102-9)62(68)95)134-71-56(49-117-35-31-111-21-18-88)126-81(104-11)74(63(71)96)120-41-37-107-14-3/h52-98H,12-51H2,1-11H3/t52-,53-,54?,55?,56?,57?,58-,59?,60?,61-,62?,63-,64-,65-,66+,67+,68+,69+,70+,71+,72+,73?,74?,75?,76?,77?,78?,79?,80-,81+,82-,83-,84-,85-,86-/m1/s1. The SMILES string of the molecule is CCOCCOCCOC1[C@@H](O[C@@H]2C(OC)C(OCCO)[C@@H](O[C@H]3C(COCC)O[C@H](O[C@@H]4C(O)C(OC)[C@@H](O[C@H]5C(COCCOCCO)O[C@H](OC)C(OCCOCC)[C@@H]5O)O[C@@H]4CO)C(OCCOCCOC)[C@@H]3O)O[C@@H]2COCCOCC)OC(COCCOCCOC)[C@H](O[C@H]2O[C@H](CO)[C@H](O[C@H]3OC(COCCOCCO)[C@H](OC)[C@@H](O)C3OCCOCC)C(O)C2O)[C@H]1O. The van der Waals surface area contributed by atoms with Gasteiger partial charge in [-0.3, -0.25) is 0 Å². The van der Waals surface area contributed by atoms with Crippen LogP contribution in [0.25, 0.3) is 0 Å². The van der Waals surface area contributed by atoms with E-state index >= 15 is 0 Å². The summed E-state index contributed by atoms with van der Waals surface area (Å²) in [5, 5.41) is 139. The third kappa shape index (κ3) is 38.4. The summed E-state index contributed by atoms with van der Waals surface area (Å²) < 4.78 is 233. The summed E-state index contributed by atoms with van der Waals surface area (Å²) in [7, 11) is 8.30. The predicted octanol–water partition coefficient (Wildman–Crippen LogP) is -6.90. The van der Waals surface area contributed by atoms with Crippen LogP contribution in [0.5, 0.6) is 0 Å². The molecule has 0 aromatic heterocycles. The number of hydrogen-bond acceptors (Lipinski definition) is 50. The first-order valence-corrected chi connectivity index (χ1v) is 46.9. The van der Waals surface area contributed by atoms with Crippen molar-refractivity contribution in [2.75, 3.05) is 307 Å². The highest BCUT2D eigenvalue weighted by Gasteiger charge is 2.61. The lowest BCUT2D eigenvalue weighted by Crippen LogP contribution is -2.69. The molecule has 0 saturated carbocycles. The number of aliphatic hydroxyl groups excluding tert-OH is 12. The minimum absolute atomic E-state index is 0.0113. The number of methoxy groups -OCH3 is 6. The zero-order valence-corrected chi connectivity index (χ0v) is 80.4. The lowest BCUT2D eigenvalue weighted by atomic mass is 9.94. The van der Waals surface area contributed by atoms with Gasteiger partial charge in [0.1, 0.15) is 171 Å². The van der Waals surface area contributed by atoms with E-state index in [4.69, 9.17) is 180 Å². The Kier molecular flexibility index (Phi) is 62.9. The Labute approximate surface area is 795 Å². The van der Waals surface area contributed by atoms with Crippen molar-refractivity contribution in [1.82, 2.24) is 0 Å². The molecule has 7 saturated heterocycles. The lowest BCUT2D eigenvalue weighted by Gasteiger charge is -2.52. The van der Waals surface area contributed by atoms with Crippen LogP contribution in [0.1, 0.15) is 34.6 Å². The van der Waals surface area contributed by atoms with E-state index < -0.39 is 248 Å². The molecule has 0 bridgehead atoms. The average molecular weight is 1990 g/mol. The van der Waals surface area contributed by atoms with Crippen molar-refractivity contribution < 1.29 is 241 Å². The van der Waals surface area contributed by atoms with Gasteiger partial charge in [-0.1, -0.05) is 0 Å². The number of rotatable bonds is 77. The molecule has 804 valence electrons. The Balaban J connectivity index is 1.22. The third-order valence-corrected chi connectivity index (χ3v) is 22.7. The van der Waals surface area contributed by atoms with Crippen LogP contribution in [0.15, 0.2) is 0 Å². The molecule has 12 N–H and O–H groups in total. The van der Waals surface area contributed by atoms with Crippen LogP contribution < -0.4 is 0 Å². The fourth-order valence-electron chi connectivity index (χ4n) is 16.0. The highest BCUT2D eigenvalue weighted by Crippen LogP contribution is 2.41. The molecule has 50 heteroatoms. The van der Waals surface area contributed by atoms with Gasteiger partial charge in [0.2, 0.25) is 0 Å². The van der Waals surface area contributed by atoms with Crippen molar-refractivity contribution in [3.63, 3.8) is 0 Å². The Morgan fingerprint density at radius 2 is 0.434 bits per heavy atom. The first-order chi connectivity index (χ1) is 66.3. The maximum atomic E-state index is 13.2. The minimum atomic E-state index is -2.08. The van der Waals surface area contributed by atoms with Gasteiger partial charge >= 0.3 is 0 Å². The molecule has 7 rings (SSSR count). The molecule has 136 heavy (non-hydrogen) atoms. The van der Waals surface area contributed by atoms with Gasteiger partial charge in [-0.25, -0.2) is 0 Å². The average Bonchev–Trinajstić information content (AvgIpc) is 0.760. The van der Waals surface area contributed by atoms with Crippen LogP contribution in [0, 0.1) is 0 Å². The second kappa shape index (κ2) is 70.7. The summed E-state index contributed by atoms with van der Waals surface area (Å²) in [5.41, 5.74) is 0. The number of aliphatic hydroxyl groups is 12. The maximum Gasteiger partial charge on any atom is 0.187 e. The molecule has 0 aromatic carbocycles. The van der Waals surface area contributed by atoms with Crippen molar-refractivity contribution in [2.24, 2.45) is 0 Å². The van der Waals surface area contributed by atoms with E-state index in [9.17, 15) is 61.3 Å². The Hall–Kier alpha value is -2.00.